The van der Waals surface area contributed by atoms with Crippen LogP contribution in [0.1, 0.15) is 43.5 Å². The Morgan fingerprint density at radius 2 is 2.18 bits per heavy atom. The summed E-state index contributed by atoms with van der Waals surface area (Å²) in [5.41, 5.74) is 0.709. The number of carbonyl (C=O) groups is 1. The van der Waals surface area contributed by atoms with Crippen LogP contribution in [0.3, 0.4) is 0 Å². The van der Waals surface area contributed by atoms with Crippen molar-refractivity contribution in [3.8, 4) is 0 Å². The molecule has 4 heteroatoms. The topological polar surface area (TPSA) is 36.4 Å². The van der Waals surface area contributed by atoms with E-state index in [9.17, 15) is 4.79 Å². The molecule has 1 aliphatic carbocycles. The number of aromatic nitrogens is 1. The molecule has 0 radical (unpaired) electrons. The van der Waals surface area contributed by atoms with E-state index in [0.717, 1.165) is 32.0 Å². The molecule has 2 heterocycles. The molecule has 2 fully saturated rings. The third-order valence-corrected chi connectivity index (χ3v) is 4.90. The second-order valence-electron chi connectivity index (χ2n) is 7.10. The molecule has 0 aromatic carbocycles. The second-order valence-corrected chi connectivity index (χ2v) is 7.10. The molecule has 1 amide bonds. The summed E-state index contributed by atoms with van der Waals surface area (Å²) in [6.07, 6.45) is 7.24. The Morgan fingerprint density at radius 1 is 1.36 bits per heavy atom. The lowest BCUT2D eigenvalue weighted by molar-refractivity contribution is 0.0704. The van der Waals surface area contributed by atoms with Crippen LogP contribution in [0.15, 0.2) is 24.5 Å². The van der Waals surface area contributed by atoms with E-state index >= 15 is 0 Å². The van der Waals surface area contributed by atoms with Gasteiger partial charge in [0, 0.05) is 44.6 Å². The van der Waals surface area contributed by atoms with Gasteiger partial charge in [-0.1, -0.05) is 13.8 Å². The summed E-state index contributed by atoms with van der Waals surface area (Å²) < 4.78 is 0. The average molecular weight is 301 g/mol. The maximum Gasteiger partial charge on any atom is 0.255 e. The number of rotatable bonds is 4. The highest BCUT2D eigenvalue weighted by Crippen LogP contribution is 2.32. The lowest BCUT2D eigenvalue weighted by atomic mass is 10.0. The fraction of sp³-hybridized carbons (Fsp3) is 0.667. The van der Waals surface area contributed by atoms with Gasteiger partial charge in [-0.25, -0.2) is 0 Å². The quantitative estimate of drug-likeness (QED) is 0.858. The smallest absolute Gasteiger partial charge is 0.255 e. The second kappa shape index (κ2) is 6.78. The van der Waals surface area contributed by atoms with E-state index in [1.54, 1.807) is 12.4 Å². The summed E-state index contributed by atoms with van der Waals surface area (Å²) in [6, 6.07) is 4.18. The number of amides is 1. The van der Waals surface area contributed by atoms with Gasteiger partial charge in [0.25, 0.3) is 5.91 Å². The molecule has 1 atom stereocenters. The van der Waals surface area contributed by atoms with Crippen molar-refractivity contribution in [1.29, 1.82) is 0 Å². The van der Waals surface area contributed by atoms with Crippen LogP contribution in [-0.4, -0.2) is 52.9 Å². The molecule has 2 aliphatic rings. The molecular formula is C18H27N3O. The fourth-order valence-corrected chi connectivity index (χ4v) is 3.41. The van der Waals surface area contributed by atoms with Gasteiger partial charge in [-0.15, -0.1) is 0 Å². The Balaban J connectivity index is 1.72. The molecule has 0 N–H and O–H groups in total. The van der Waals surface area contributed by atoms with E-state index in [2.05, 4.69) is 23.7 Å². The van der Waals surface area contributed by atoms with Crippen molar-refractivity contribution in [2.75, 3.05) is 26.2 Å². The summed E-state index contributed by atoms with van der Waals surface area (Å²) in [7, 11) is 0. The summed E-state index contributed by atoms with van der Waals surface area (Å²) in [4.78, 5) is 21.5. The Bertz CT molecular complexity index is 498. The van der Waals surface area contributed by atoms with Crippen LogP contribution < -0.4 is 0 Å². The first-order valence-corrected chi connectivity index (χ1v) is 8.58. The molecular weight excluding hydrogens is 274 g/mol. The zero-order chi connectivity index (χ0) is 15.5. The van der Waals surface area contributed by atoms with Gasteiger partial charge in [0.2, 0.25) is 0 Å². The molecule has 1 aromatic rings. The first-order valence-electron chi connectivity index (χ1n) is 8.58. The predicted molar refractivity (Wildman–Crippen MR) is 87.7 cm³/mol. The van der Waals surface area contributed by atoms with Crippen molar-refractivity contribution in [3.63, 3.8) is 0 Å². The SMILES string of the molecule is CC(C)C1CN(C(=O)c2cccnc2)CCCN1CC1CC1. The molecule has 22 heavy (non-hydrogen) atoms. The van der Waals surface area contributed by atoms with Gasteiger partial charge >= 0.3 is 0 Å². The van der Waals surface area contributed by atoms with E-state index in [1.165, 1.54) is 19.4 Å². The Labute approximate surface area is 133 Å². The third-order valence-electron chi connectivity index (χ3n) is 4.90. The van der Waals surface area contributed by atoms with Crippen LogP contribution >= 0.6 is 0 Å². The zero-order valence-electron chi connectivity index (χ0n) is 13.7. The highest BCUT2D eigenvalue weighted by Gasteiger charge is 2.33. The Kier molecular flexibility index (Phi) is 4.77. The van der Waals surface area contributed by atoms with Gasteiger partial charge in [0.15, 0.2) is 0 Å². The summed E-state index contributed by atoms with van der Waals surface area (Å²) in [5, 5.41) is 0. The average Bonchev–Trinajstić information content (AvgIpc) is 3.35. The lowest BCUT2D eigenvalue weighted by Gasteiger charge is -2.34. The summed E-state index contributed by atoms with van der Waals surface area (Å²) >= 11 is 0. The van der Waals surface area contributed by atoms with E-state index in [-0.39, 0.29) is 5.91 Å². The van der Waals surface area contributed by atoms with Gasteiger partial charge in [-0.3, -0.25) is 14.7 Å². The molecule has 0 spiro atoms. The number of pyridine rings is 1. The van der Waals surface area contributed by atoms with Crippen molar-refractivity contribution in [2.45, 2.75) is 39.2 Å². The van der Waals surface area contributed by atoms with Gasteiger partial charge in [0.05, 0.1) is 5.56 Å². The van der Waals surface area contributed by atoms with Crippen molar-refractivity contribution in [3.05, 3.63) is 30.1 Å². The molecule has 120 valence electrons. The Morgan fingerprint density at radius 3 is 2.82 bits per heavy atom. The minimum Gasteiger partial charge on any atom is -0.337 e. The van der Waals surface area contributed by atoms with Crippen LogP contribution in [-0.2, 0) is 0 Å². The van der Waals surface area contributed by atoms with E-state index in [0.29, 0.717) is 17.5 Å². The number of hydrogen-bond acceptors (Lipinski definition) is 3. The molecule has 1 aromatic heterocycles. The largest absolute Gasteiger partial charge is 0.337 e. The molecule has 1 aliphatic heterocycles. The molecule has 1 saturated heterocycles. The molecule has 1 saturated carbocycles. The maximum absolute atomic E-state index is 12.7. The number of hydrogen-bond donors (Lipinski definition) is 0. The van der Waals surface area contributed by atoms with Crippen LogP contribution in [0.4, 0.5) is 0 Å². The minimum atomic E-state index is 0.132. The van der Waals surface area contributed by atoms with Gasteiger partial charge < -0.3 is 4.90 Å². The van der Waals surface area contributed by atoms with E-state index in [1.807, 2.05) is 17.0 Å². The standard InChI is InChI=1S/C18H27N3O/c1-14(2)17-13-21(18(22)16-5-3-8-19-11-16)10-4-9-20(17)12-15-6-7-15/h3,5,8,11,14-15,17H,4,6-7,9-10,12-13H2,1-2H3. The predicted octanol–water partition coefficient (Wildman–Crippen LogP) is 2.66. The highest BCUT2D eigenvalue weighted by molar-refractivity contribution is 5.93. The molecule has 0 bridgehead atoms. The fourth-order valence-electron chi connectivity index (χ4n) is 3.41. The van der Waals surface area contributed by atoms with Crippen LogP contribution in [0.2, 0.25) is 0 Å². The van der Waals surface area contributed by atoms with E-state index < -0.39 is 0 Å². The van der Waals surface area contributed by atoms with Crippen LogP contribution in [0.25, 0.3) is 0 Å². The molecule has 3 rings (SSSR count). The Hall–Kier alpha value is -1.42. The number of nitrogens with zero attached hydrogens (tertiary/aromatic N) is 3. The normalized spacial score (nSPS) is 23.6. The lowest BCUT2D eigenvalue weighted by Crippen LogP contribution is -2.46. The summed E-state index contributed by atoms with van der Waals surface area (Å²) in [6.45, 7) is 8.61. The van der Waals surface area contributed by atoms with Crippen molar-refractivity contribution in [1.82, 2.24) is 14.8 Å². The molecule has 4 nitrogen and oxygen atoms in total. The first-order chi connectivity index (χ1) is 10.6. The van der Waals surface area contributed by atoms with Crippen molar-refractivity contribution < 1.29 is 4.79 Å². The number of carbonyl (C=O) groups excluding carboxylic acids is 1. The summed E-state index contributed by atoms with van der Waals surface area (Å²) in [5.74, 6) is 1.61. The zero-order valence-corrected chi connectivity index (χ0v) is 13.7. The van der Waals surface area contributed by atoms with Crippen molar-refractivity contribution >= 4 is 5.91 Å². The highest BCUT2D eigenvalue weighted by atomic mass is 16.2. The van der Waals surface area contributed by atoms with Gasteiger partial charge in [0.1, 0.15) is 0 Å². The minimum absolute atomic E-state index is 0.132. The van der Waals surface area contributed by atoms with Crippen molar-refractivity contribution in [2.24, 2.45) is 11.8 Å². The maximum atomic E-state index is 12.7. The van der Waals surface area contributed by atoms with Gasteiger partial charge in [-0.2, -0.15) is 0 Å². The molecule has 1 unspecified atom stereocenters. The van der Waals surface area contributed by atoms with E-state index in [4.69, 9.17) is 0 Å². The monoisotopic (exact) mass is 301 g/mol. The van der Waals surface area contributed by atoms with Crippen LogP contribution in [0, 0.1) is 11.8 Å². The first kappa shape index (κ1) is 15.5. The van der Waals surface area contributed by atoms with Gasteiger partial charge in [-0.05, 0) is 43.2 Å². The third kappa shape index (κ3) is 3.67. The van der Waals surface area contributed by atoms with Crippen LogP contribution in [0.5, 0.6) is 0 Å².